The van der Waals surface area contributed by atoms with Gasteiger partial charge in [-0.25, -0.2) is 4.79 Å². The largest absolute Gasteiger partial charge is 0.465 e. The van der Waals surface area contributed by atoms with E-state index in [1.54, 1.807) is 5.38 Å². The van der Waals surface area contributed by atoms with Crippen LogP contribution in [-0.4, -0.2) is 18.9 Å². The number of carbonyl (C=O) groups excluding carboxylic acids is 2. The minimum atomic E-state index is -0.297. The number of ketones is 1. The fourth-order valence-electron chi connectivity index (χ4n) is 2.05. The number of Topliss-reactive ketones (excluding diaryl/α,β-unsaturated/α-hetero) is 1. The maximum Gasteiger partial charge on any atom is 0.338 e. The minimum Gasteiger partial charge on any atom is -0.465 e. The van der Waals surface area contributed by atoms with E-state index in [0.717, 1.165) is 17.7 Å². The first kappa shape index (κ1) is 13.0. The summed E-state index contributed by atoms with van der Waals surface area (Å²) in [6.45, 7) is 0. The van der Waals surface area contributed by atoms with Crippen LogP contribution in [0.4, 0.5) is 0 Å². The van der Waals surface area contributed by atoms with Gasteiger partial charge in [0.1, 0.15) is 5.78 Å². The van der Waals surface area contributed by atoms with Crippen molar-refractivity contribution in [1.29, 1.82) is 0 Å². The van der Waals surface area contributed by atoms with E-state index in [-0.39, 0.29) is 5.97 Å². The van der Waals surface area contributed by atoms with E-state index in [9.17, 15) is 9.59 Å². The standard InChI is InChI=1S/C14H16O3S/c1-17-14(16)11-8-13(18-9-11)7-4-10-2-5-12(15)6-3-10/h4,7-10H,2-3,5-6H2,1H3/b7-4+. The van der Waals surface area contributed by atoms with E-state index in [4.69, 9.17) is 0 Å². The van der Waals surface area contributed by atoms with E-state index in [1.165, 1.54) is 18.4 Å². The molecule has 2 rings (SSSR count). The lowest BCUT2D eigenvalue weighted by molar-refractivity contribution is -0.120. The number of hydrogen-bond donors (Lipinski definition) is 0. The van der Waals surface area contributed by atoms with Crippen molar-refractivity contribution in [3.05, 3.63) is 28.0 Å². The van der Waals surface area contributed by atoms with Gasteiger partial charge in [0, 0.05) is 23.1 Å². The van der Waals surface area contributed by atoms with Gasteiger partial charge in [-0.1, -0.05) is 6.08 Å². The highest BCUT2D eigenvalue weighted by Crippen LogP contribution is 2.24. The average Bonchev–Trinajstić information content (AvgIpc) is 2.86. The number of thiophene rings is 1. The van der Waals surface area contributed by atoms with Crippen molar-refractivity contribution in [3.8, 4) is 0 Å². The van der Waals surface area contributed by atoms with Crippen molar-refractivity contribution in [2.45, 2.75) is 25.7 Å². The van der Waals surface area contributed by atoms with Gasteiger partial charge in [-0.3, -0.25) is 4.79 Å². The van der Waals surface area contributed by atoms with Gasteiger partial charge in [0.05, 0.1) is 12.7 Å². The first-order valence-corrected chi connectivity index (χ1v) is 6.94. The number of allylic oxidation sites excluding steroid dienone is 1. The molecule has 0 N–H and O–H groups in total. The van der Waals surface area contributed by atoms with Crippen molar-refractivity contribution < 1.29 is 14.3 Å². The number of methoxy groups -OCH3 is 1. The van der Waals surface area contributed by atoms with Crippen LogP contribution in [0.2, 0.25) is 0 Å². The molecule has 1 aromatic heterocycles. The predicted molar refractivity (Wildman–Crippen MR) is 71.7 cm³/mol. The van der Waals surface area contributed by atoms with Gasteiger partial charge in [-0.15, -0.1) is 11.3 Å². The summed E-state index contributed by atoms with van der Waals surface area (Å²) in [6.07, 6.45) is 7.49. The molecule has 3 nitrogen and oxygen atoms in total. The molecule has 1 aromatic rings. The van der Waals surface area contributed by atoms with Crippen LogP contribution in [0.1, 0.15) is 40.9 Å². The number of hydrogen-bond acceptors (Lipinski definition) is 4. The Bertz CT molecular complexity index is 463. The summed E-state index contributed by atoms with van der Waals surface area (Å²) in [5, 5.41) is 1.80. The lowest BCUT2D eigenvalue weighted by Crippen LogP contribution is -2.11. The molecule has 18 heavy (non-hydrogen) atoms. The molecular weight excluding hydrogens is 248 g/mol. The van der Waals surface area contributed by atoms with Crippen LogP contribution >= 0.6 is 11.3 Å². The highest BCUT2D eigenvalue weighted by atomic mass is 32.1. The van der Waals surface area contributed by atoms with Gasteiger partial charge in [0.2, 0.25) is 0 Å². The van der Waals surface area contributed by atoms with E-state index in [0.29, 0.717) is 30.1 Å². The molecule has 0 atom stereocenters. The second-order valence-corrected chi connectivity index (χ2v) is 5.41. The fraction of sp³-hybridized carbons (Fsp3) is 0.429. The third-order valence-corrected chi connectivity index (χ3v) is 4.06. The smallest absolute Gasteiger partial charge is 0.338 e. The molecule has 0 amide bonds. The molecule has 0 spiro atoms. The summed E-state index contributed by atoms with van der Waals surface area (Å²) in [7, 11) is 1.38. The van der Waals surface area contributed by atoms with Crippen LogP contribution in [0.15, 0.2) is 17.5 Å². The number of esters is 1. The van der Waals surface area contributed by atoms with Crippen molar-refractivity contribution in [2.75, 3.05) is 7.11 Å². The Labute approximate surface area is 110 Å². The molecule has 0 saturated heterocycles. The van der Waals surface area contributed by atoms with Crippen LogP contribution in [0, 0.1) is 5.92 Å². The van der Waals surface area contributed by atoms with E-state index in [2.05, 4.69) is 10.8 Å². The van der Waals surface area contributed by atoms with E-state index >= 15 is 0 Å². The van der Waals surface area contributed by atoms with Gasteiger partial charge in [-0.05, 0) is 30.9 Å². The highest BCUT2D eigenvalue weighted by molar-refractivity contribution is 7.11. The van der Waals surface area contributed by atoms with Gasteiger partial charge < -0.3 is 4.74 Å². The number of rotatable bonds is 3. The molecule has 0 aromatic carbocycles. The first-order chi connectivity index (χ1) is 8.69. The topological polar surface area (TPSA) is 43.4 Å². The summed E-state index contributed by atoms with van der Waals surface area (Å²) < 4.78 is 4.66. The quantitative estimate of drug-likeness (QED) is 0.787. The van der Waals surface area contributed by atoms with E-state index < -0.39 is 0 Å². The SMILES string of the molecule is COC(=O)c1csc(/C=C/C2CCC(=O)CC2)c1. The van der Waals surface area contributed by atoms with Gasteiger partial charge in [0.15, 0.2) is 0 Å². The summed E-state index contributed by atoms with van der Waals surface area (Å²) >= 11 is 1.53. The van der Waals surface area contributed by atoms with Crippen molar-refractivity contribution in [3.63, 3.8) is 0 Å². The predicted octanol–water partition coefficient (Wildman–Crippen LogP) is 3.31. The molecule has 0 bridgehead atoms. The fourth-order valence-corrected chi connectivity index (χ4v) is 2.83. The maximum atomic E-state index is 11.3. The molecule has 1 fully saturated rings. The van der Waals surface area contributed by atoms with Crippen LogP contribution in [0.3, 0.4) is 0 Å². The van der Waals surface area contributed by atoms with Crippen molar-refractivity contribution in [1.82, 2.24) is 0 Å². The summed E-state index contributed by atoms with van der Waals surface area (Å²) in [6, 6.07) is 1.83. The average molecular weight is 264 g/mol. The molecule has 1 aliphatic rings. The molecule has 1 aliphatic carbocycles. The molecule has 0 radical (unpaired) electrons. The Kier molecular flexibility index (Phi) is 4.31. The second kappa shape index (κ2) is 5.96. The lowest BCUT2D eigenvalue weighted by Gasteiger charge is -2.16. The number of ether oxygens (including phenoxy) is 1. The summed E-state index contributed by atoms with van der Waals surface area (Å²) in [5.74, 6) is 0.573. The Morgan fingerprint density at radius 3 is 2.83 bits per heavy atom. The number of carbonyl (C=O) groups is 2. The zero-order valence-corrected chi connectivity index (χ0v) is 11.2. The van der Waals surface area contributed by atoms with Gasteiger partial charge in [-0.2, -0.15) is 0 Å². The van der Waals surface area contributed by atoms with Crippen molar-refractivity contribution in [2.24, 2.45) is 5.92 Å². The molecule has 1 heterocycles. The Morgan fingerprint density at radius 2 is 2.17 bits per heavy atom. The second-order valence-electron chi connectivity index (χ2n) is 4.46. The van der Waals surface area contributed by atoms with Crippen LogP contribution in [0.5, 0.6) is 0 Å². The minimum absolute atomic E-state index is 0.297. The Balaban J connectivity index is 1.94. The van der Waals surface area contributed by atoms with Gasteiger partial charge in [0.25, 0.3) is 0 Å². The third kappa shape index (κ3) is 3.29. The summed E-state index contributed by atoms with van der Waals surface area (Å²) in [5.41, 5.74) is 0.598. The lowest BCUT2D eigenvalue weighted by atomic mass is 9.88. The Morgan fingerprint density at radius 1 is 1.44 bits per heavy atom. The molecule has 96 valence electrons. The van der Waals surface area contributed by atoms with Crippen LogP contribution < -0.4 is 0 Å². The molecule has 0 aliphatic heterocycles. The molecule has 4 heteroatoms. The third-order valence-electron chi connectivity index (χ3n) is 3.16. The van der Waals surface area contributed by atoms with Gasteiger partial charge >= 0.3 is 5.97 Å². The molecule has 0 unspecified atom stereocenters. The van der Waals surface area contributed by atoms with E-state index in [1.807, 2.05) is 12.1 Å². The highest BCUT2D eigenvalue weighted by Gasteiger charge is 2.16. The monoisotopic (exact) mass is 264 g/mol. The zero-order valence-electron chi connectivity index (χ0n) is 10.3. The maximum absolute atomic E-state index is 11.3. The first-order valence-electron chi connectivity index (χ1n) is 6.06. The van der Waals surface area contributed by atoms with Crippen LogP contribution in [-0.2, 0) is 9.53 Å². The zero-order chi connectivity index (χ0) is 13.0. The molecular formula is C14H16O3S. The molecule has 1 saturated carbocycles. The van der Waals surface area contributed by atoms with Crippen LogP contribution in [0.25, 0.3) is 6.08 Å². The van der Waals surface area contributed by atoms with Crippen molar-refractivity contribution >= 4 is 29.2 Å². The summed E-state index contributed by atoms with van der Waals surface area (Å²) in [4.78, 5) is 23.5. The normalized spacial score (nSPS) is 17.3. The Hall–Kier alpha value is -1.42.